The van der Waals surface area contributed by atoms with Gasteiger partial charge in [0.05, 0.1) is 6.54 Å². The third-order valence-corrected chi connectivity index (χ3v) is 6.90. The van der Waals surface area contributed by atoms with Crippen molar-refractivity contribution >= 4 is 17.0 Å². The molecular formula is C21H24N6. The summed E-state index contributed by atoms with van der Waals surface area (Å²) in [6, 6.07) is 10.3. The molecule has 0 atom stereocenters. The third-order valence-electron chi connectivity index (χ3n) is 6.90. The Kier molecular flexibility index (Phi) is 3.31. The highest BCUT2D eigenvalue weighted by atomic mass is 15.4. The van der Waals surface area contributed by atoms with E-state index in [-0.39, 0.29) is 5.54 Å². The zero-order valence-electron chi connectivity index (χ0n) is 15.4. The normalized spacial score (nSPS) is 31.5. The SMILES string of the molecule is c1ccc(Cn2nnc3c(NC45CC6CC(CC(C6)C4)C5)ncnc32)cc1. The minimum Gasteiger partial charge on any atom is -0.363 e. The van der Waals surface area contributed by atoms with Crippen molar-refractivity contribution in [2.75, 3.05) is 5.32 Å². The molecule has 0 saturated heterocycles. The van der Waals surface area contributed by atoms with Crippen molar-refractivity contribution in [2.24, 2.45) is 17.8 Å². The number of anilines is 1. The fraction of sp³-hybridized carbons (Fsp3) is 0.524. The van der Waals surface area contributed by atoms with Crippen LogP contribution in [0.5, 0.6) is 0 Å². The highest BCUT2D eigenvalue weighted by molar-refractivity contribution is 5.82. The molecule has 0 unspecified atom stereocenters. The number of benzene rings is 1. The fourth-order valence-corrected chi connectivity index (χ4v) is 6.26. The number of hydrogen-bond donors (Lipinski definition) is 1. The maximum Gasteiger partial charge on any atom is 0.184 e. The maximum absolute atomic E-state index is 4.57. The molecule has 4 fully saturated rings. The first-order chi connectivity index (χ1) is 13.3. The second kappa shape index (κ2) is 5.75. The van der Waals surface area contributed by atoms with Crippen LogP contribution < -0.4 is 5.32 Å². The van der Waals surface area contributed by atoms with E-state index < -0.39 is 0 Å². The molecule has 4 aliphatic carbocycles. The van der Waals surface area contributed by atoms with Crippen molar-refractivity contribution in [1.29, 1.82) is 0 Å². The van der Waals surface area contributed by atoms with Crippen LogP contribution in [0.3, 0.4) is 0 Å². The summed E-state index contributed by atoms with van der Waals surface area (Å²) in [4.78, 5) is 9.04. The molecule has 6 heteroatoms. The van der Waals surface area contributed by atoms with Crippen molar-refractivity contribution in [3.63, 3.8) is 0 Å². The molecule has 1 N–H and O–H groups in total. The molecule has 0 spiro atoms. The second-order valence-corrected chi connectivity index (χ2v) is 8.95. The Bertz CT molecular complexity index is 943. The fourth-order valence-electron chi connectivity index (χ4n) is 6.26. The molecule has 4 aliphatic rings. The van der Waals surface area contributed by atoms with Gasteiger partial charge in [0.1, 0.15) is 6.33 Å². The minimum absolute atomic E-state index is 0.208. The largest absolute Gasteiger partial charge is 0.363 e. The van der Waals surface area contributed by atoms with Gasteiger partial charge in [-0.05, 0) is 61.8 Å². The molecular weight excluding hydrogens is 336 g/mol. The van der Waals surface area contributed by atoms with Crippen molar-refractivity contribution < 1.29 is 0 Å². The van der Waals surface area contributed by atoms with Crippen LogP contribution >= 0.6 is 0 Å². The lowest BCUT2D eigenvalue weighted by Crippen LogP contribution is -2.54. The number of hydrogen-bond acceptors (Lipinski definition) is 5. The van der Waals surface area contributed by atoms with Crippen LogP contribution in [-0.4, -0.2) is 30.5 Å². The van der Waals surface area contributed by atoms with Gasteiger partial charge in [-0.2, -0.15) is 0 Å². The minimum atomic E-state index is 0.208. The van der Waals surface area contributed by atoms with Gasteiger partial charge in [0, 0.05) is 5.54 Å². The lowest BCUT2D eigenvalue weighted by molar-refractivity contribution is 0.0106. The monoisotopic (exact) mass is 360 g/mol. The van der Waals surface area contributed by atoms with E-state index in [1.54, 1.807) is 6.33 Å². The van der Waals surface area contributed by atoms with Crippen LogP contribution in [0.4, 0.5) is 5.82 Å². The third kappa shape index (κ3) is 2.61. The highest BCUT2D eigenvalue weighted by Gasteiger charge is 2.51. The summed E-state index contributed by atoms with van der Waals surface area (Å²) in [6.07, 6.45) is 9.80. The first-order valence-electron chi connectivity index (χ1n) is 10.1. The molecule has 4 saturated carbocycles. The molecule has 2 heterocycles. The summed E-state index contributed by atoms with van der Waals surface area (Å²) in [7, 11) is 0. The van der Waals surface area contributed by atoms with Crippen LogP contribution in [0, 0.1) is 17.8 Å². The molecule has 2 aromatic heterocycles. The molecule has 3 aromatic rings. The predicted octanol–water partition coefficient (Wildman–Crippen LogP) is 3.65. The quantitative estimate of drug-likeness (QED) is 0.769. The van der Waals surface area contributed by atoms with E-state index in [1.807, 2.05) is 22.9 Å². The number of fused-ring (bicyclic) bond motifs is 1. The van der Waals surface area contributed by atoms with E-state index in [0.717, 1.165) is 34.7 Å². The Balaban J connectivity index is 1.33. The van der Waals surface area contributed by atoms with Gasteiger partial charge in [0.25, 0.3) is 0 Å². The van der Waals surface area contributed by atoms with E-state index in [2.05, 4.69) is 37.7 Å². The zero-order chi connectivity index (χ0) is 17.8. The molecule has 0 amide bonds. The Morgan fingerprint density at radius 3 is 2.37 bits per heavy atom. The van der Waals surface area contributed by atoms with Gasteiger partial charge in [-0.3, -0.25) is 0 Å². The average Bonchev–Trinajstić information content (AvgIpc) is 3.05. The molecule has 0 radical (unpaired) electrons. The van der Waals surface area contributed by atoms with Gasteiger partial charge < -0.3 is 5.32 Å². The van der Waals surface area contributed by atoms with E-state index >= 15 is 0 Å². The summed E-state index contributed by atoms with van der Waals surface area (Å²) in [5, 5.41) is 12.6. The summed E-state index contributed by atoms with van der Waals surface area (Å²) in [5.74, 6) is 3.56. The molecule has 4 bridgehead atoms. The van der Waals surface area contributed by atoms with Crippen molar-refractivity contribution in [3.05, 3.63) is 42.2 Å². The van der Waals surface area contributed by atoms with Gasteiger partial charge in [-0.25, -0.2) is 14.6 Å². The number of aromatic nitrogens is 5. The van der Waals surface area contributed by atoms with Gasteiger partial charge in [-0.15, -0.1) is 5.10 Å². The molecule has 6 nitrogen and oxygen atoms in total. The smallest absolute Gasteiger partial charge is 0.184 e. The Labute approximate surface area is 158 Å². The van der Waals surface area contributed by atoms with E-state index in [1.165, 1.54) is 44.1 Å². The lowest BCUT2D eigenvalue weighted by Gasteiger charge is -2.57. The molecule has 0 aliphatic heterocycles. The highest BCUT2D eigenvalue weighted by Crippen LogP contribution is 2.56. The summed E-state index contributed by atoms with van der Waals surface area (Å²) in [5.41, 5.74) is 3.00. The van der Waals surface area contributed by atoms with Crippen LogP contribution in [0.15, 0.2) is 36.7 Å². The van der Waals surface area contributed by atoms with Gasteiger partial charge in [-0.1, -0.05) is 35.5 Å². The Morgan fingerprint density at radius 2 is 1.67 bits per heavy atom. The van der Waals surface area contributed by atoms with Crippen molar-refractivity contribution in [2.45, 2.75) is 50.6 Å². The maximum atomic E-state index is 4.57. The summed E-state index contributed by atoms with van der Waals surface area (Å²) >= 11 is 0. The van der Waals surface area contributed by atoms with E-state index in [0.29, 0.717) is 6.54 Å². The first-order valence-corrected chi connectivity index (χ1v) is 10.1. The summed E-state index contributed by atoms with van der Waals surface area (Å²) < 4.78 is 1.87. The van der Waals surface area contributed by atoms with Crippen LogP contribution in [-0.2, 0) is 6.54 Å². The number of nitrogens with zero attached hydrogens (tertiary/aromatic N) is 5. The van der Waals surface area contributed by atoms with E-state index in [4.69, 9.17) is 0 Å². The van der Waals surface area contributed by atoms with Crippen LogP contribution in [0.1, 0.15) is 44.1 Å². The number of nitrogens with one attached hydrogen (secondary N) is 1. The number of rotatable bonds is 4. The summed E-state index contributed by atoms with van der Waals surface area (Å²) in [6.45, 7) is 0.672. The topological polar surface area (TPSA) is 68.5 Å². The Morgan fingerprint density at radius 1 is 0.963 bits per heavy atom. The van der Waals surface area contributed by atoms with Gasteiger partial charge >= 0.3 is 0 Å². The van der Waals surface area contributed by atoms with Crippen molar-refractivity contribution in [1.82, 2.24) is 25.0 Å². The van der Waals surface area contributed by atoms with Crippen LogP contribution in [0.2, 0.25) is 0 Å². The van der Waals surface area contributed by atoms with Gasteiger partial charge in [0.2, 0.25) is 0 Å². The Hall–Kier alpha value is -2.50. The molecule has 1 aromatic carbocycles. The average molecular weight is 360 g/mol. The van der Waals surface area contributed by atoms with Gasteiger partial charge in [0.15, 0.2) is 17.0 Å². The second-order valence-electron chi connectivity index (χ2n) is 8.95. The predicted molar refractivity (Wildman–Crippen MR) is 103 cm³/mol. The molecule has 138 valence electrons. The zero-order valence-corrected chi connectivity index (χ0v) is 15.4. The lowest BCUT2D eigenvalue weighted by atomic mass is 9.53. The molecule has 27 heavy (non-hydrogen) atoms. The first kappa shape index (κ1) is 15.5. The van der Waals surface area contributed by atoms with E-state index in [9.17, 15) is 0 Å². The van der Waals surface area contributed by atoms with Crippen molar-refractivity contribution in [3.8, 4) is 0 Å². The standard InChI is InChI=1S/C21H24N6/c1-2-4-14(5-3-1)12-27-20-18(25-26-27)19(22-13-23-20)24-21-9-15-6-16(10-21)8-17(7-15)11-21/h1-5,13,15-17H,6-12H2,(H,22,23,24). The molecule has 7 rings (SSSR count). The van der Waals surface area contributed by atoms with Crippen LogP contribution in [0.25, 0.3) is 11.2 Å².